The Morgan fingerprint density at radius 1 is 1.29 bits per heavy atom. The summed E-state index contributed by atoms with van der Waals surface area (Å²) < 4.78 is 28.2. The molecule has 0 bridgehead atoms. The van der Waals surface area contributed by atoms with Crippen molar-refractivity contribution in [2.75, 3.05) is 12.9 Å². The van der Waals surface area contributed by atoms with Crippen LogP contribution in [0.1, 0.15) is 43.5 Å². The molecule has 0 heterocycles. The van der Waals surface area contributed by atoms with Crippen molar-refractivity contribution in [3.8, 4) is 0 Å². The summed E-state index contributed by atoms with van der Waals surface area (Å²) in [6.07, 6.45) is 3.84. The quantitative estimate of drug-likeness (QED) is 0.430. The molecule has 154 valence electrons. The summed E-state index contributed by atoms with van der Waals surface area (Å²) in [5.41, 5.74) is -0.919. The molecule has 1 aromatic carbocycles. The van der Waals surface area contributed by atoms with Crippen molar-refractivity contribution in [3.63, 3.8) is 0 Å². The molecule has 10 heteroatoms. The van der Waals surface area contributed by atoms with Crippen LogP contribution in [0.25, 0.3) is 0 Å². The van der Waals surface area contributed by atoms with Crippen LogP contribution in [0, 0.1) is 22.0 Å². The van der Waals surface area contributed by atoms with Gasteiger partial charge in [0.25, 0.3) is 11.6 Å². The van der Waals surface area contributed by atoms with Gasteiger partial charge in [0.2, 0.25) is 0 Å². The highest BCUT2D eigenvalue weighted by Gasteiger charge is 2.29. The van der Waals surface area contributed by atoms with Crippen molar-refractivity contribution in [2.24, 2.45) is 11.8 Å². The molecule has 1 aliphatic rings. The minimum absolute atomic E-state index is 0.0186. The molecule has 28 heavy (non-hydrogen) atoms. The molecule has 1 aliphatic carbocycles. The monoisotopic (exact) mass is 412 g/mol. The Kier molecular flexibility index (Phi) is 6.76. The zero-order valence-electron chi connectivity index (χ0n) is 16.0. The second kappa shape index (κ2) is 8.68. The van der Waals surface area contributed by atoms with Gasteiger partial charge in [0.1, 0.15) is 4.90 Å². The first kappa shape index (κ1) is 21.8. The number of hydrogen-bond donors (Lipinski definition) is 1. The summed E-state index contributed by atoms with van der Waals surface area (Å²) in [5, 5.41) is 14.0. The summed E-state index contributed by atoms with van der Waals surface area (Å²) in [7, 11) is -3.83. The highest BCUT2D eigenvalue weighted by Crippen LogP contribution is 2.29. The van der Waals surface area contributed by atoms with Crippen LogP contribution in [0.5, 0.6) is 0 Å². The van der Waals surface area contributed by atoms with Crippen LogP contribution < -0.4 is 5.32 Å². The van der Waals surface area contributed by atoms with Crippen molar-refractivity contribution in [1.29, 1.82) is 0 Å². The number of benzene rings is 1. The molecular weight excluding hydrogens is 388 g/mol. The molecule has 1 fully saturated rings. The zero-order valence-corrected chi connectivity index (χ0v) is 16.8. The first-order valence-corrected chi connectivity index (χ1v) is 10.8. The number of carbonyl (C=O) groups excluding carboxylic acids is 2. The first-order valence-electron chi connectivity index (χ1n) is 8.95. The molecule has 9 nitrogen and oxygen atoms in total. The van der Waals surface area contributed by atoms with Crippen molar-refractivity contribution in [3.05, 3.63) is 33.9 Å². The molecule has 3 atom stereocenters. The lowest BCUT2D eigenvalue weighted by Gasteiger charge is -2.34. The Labute approximate surface area is 163 Å². The van der Waals surface area contributed by atoms with E-state index in [0.29, 0.717) is 11.8 Å². The molecule has 0 aliphatic heterocycles. The van der Waals surface area contributed by atoms with Gasteiger partial charge in [0.15, 0.2) is 16.4 Å². The van der Waals surface area contributed by atoms with E-state index in [1.165, 1.54) is 0 Å². The average Bonchev–Trinajstić information content (AvgIpc) is 2.62. The van der Waals surface area contributed by atoms with E-state index < -0.39 is 43.8 Å². The highest BCUT2D eigenvalue weighted by atomic mass is 32.2. The van der Waals surface area contributed by atoms with Crippen LogP contribution in [0.3, 0.4) is 0 Å². The summed E-state index contributed by atoms with van der Waals surface area (Å²) in [5.74, 6) is -0.569. The number of nitrogens with one attached hydrogen (secondary N) is 1. The third-order valence-electron chi connectivity index (χ3n) is 5.18. The van der Waals surface area contributed by atoms with Gasteiger partial charge in [0.05, 0.1) is 10.5 Å². The minimum atomic E-state index is -3.83. The third kappa shape index (κ3) is 5.28. The van der Waals surface area contributed by atoms with E-state index in [4.69, 9.17) is 4.74 Å². The molecule has 0 saturated heterocycles. The number of rotatable bonds is 6. The molecule has 2 rings (SSSR count). The van der Waals surface area contributed by atoms with Crippen molar-refractivity contribution in [1.82, 2.24) is 5.32 Å². The number of amides is 1. The number of nitro groups is 1. The summed E-state index contributed by atoms with van der Waals surface area (Å²) >= 11 is 0. The van der Waals surface area contributed by atoms with Gasteiger partial charge < -0.3 is 10.1 Å². The first-order chi connectivity index (χ1) is 13.0. The van der Waals surface area contributed by atoms with Crippen LogP contribution >= 0.6 is 0 Å². The van der Waals surface area contributed by atoms with E-state index in [1.807, 2.05) is 0 Å². The van der Waals surface area contributed by atoms with E-state index >= 15 is 0 Å². The maximum atomic E-state index is 12.1. The summed E-state index contributed by atoms with van der Waals surface area (Å²) in [6, 6.07) is 2.95. The van der Waals surface area contributed by atoms with Gasteiger partial charge in [-0.2, -0.15) is 0 Å². The van der Waals surface area contributed by atoms with Crippen LogP contribution in [0.2, 0.25) is 0 Å². The van der Waals surface area contributed by atoms with E-state index in [0.717, 1.165) is 43.7 Å². The van der Waals surface area contributed by atoms with E-state index in [1.54, 1.807) is 0 Å². The van der Waals surface area contributed by atoms with Gasteiger partial charge in [0, 0.05) is 18.4 Å². The fraction of sp³-hybridized carbons (Fsp3) is 0.556. The maximum absolute atomic E-state index is 12.1. The second-order valence-corrected chi connectivity index (χ2v) is 9.21. The summed E-state index contributed by atoms with van der Waals surface area (Å²) in [4.78, 5) is 33.9. The van der Waals surface area contributed by atoms with Gasteiger partial charge >= 0.3 is 5.97 Å². The molecule has 1 amide bonds. The smallest absolute Gasteiger partial charge is 0.338 e. The molecule has 0 unspecified atom stereocenters. The maximum Gasteiger partial charge on any atom is 0.338 e. The Morgan fingerprint density at radius 3 is 2.57 bits per heavy atom. The number of ether oxygens (including phenoxy) is 1. The lowest BCUT2D eigenvalue weighted by molar-refractivity contribution is -0.387. The Hall–Kier alpha value is -2.49. The van der Waals surface area contributed by atoms with Crippen molar-refractivity contribution < 1.29 is 27.7 Å². The largest absolute Gasteiger partial charge is 0.452 e. The zero-order chi connectivity index (χ0) is 21.1. The van der Waals surface area contributed by atoms with Crippen LogP contribution in [0.15, 0.2) is 23.1 Å². The number of nitrogens with zero attached hydrogens (tertiary/aromatic N) is 1. The molecule has 1 aromatic rings. The van der Waals surface area contributed by atoms with Gasteiger partial charge in [-0.25, -0.2) is 13.2 Å². The molecule has 1 N–H and O–H groups in total. The number of hydrogen-bond acceptors (Lipinski definition) is 7. The minimum Gasteiger partial charge on any atom is -0.452 e. The number of esters is 1. The van der Waals surface area contributed by atoms with Crippen LogP contribution in [-0.4, -0.2) is 44.1 Å². The standard InChI is InChI=1S/C18H24N2O7S/c1-11-5-4-6-14(12(11)2)19-17(21)10-27-18(22)13-7-8-16(28(3,25)26)15(9-13)20(23)24/h7-9,11-12,14H,4-6,10H2,1-3H3,(H,19,21)/t11-,12+,14-/m0/s1. The fourth-order valence-corrected chi connectivity index (χ4v) is 4.18. The second-order valence-electron chi connectivity index (χ2n) is 7.23. The van der Waals surface area contributed by atoms with Crippen LogP contribution in [0.4, 0.5) is 5.69 Å². The number of sulfone groups is 1. The van der Waals surface area contributed by atoms with Gasteiger partial charge in [-0.15, -0.1) is 0 Å². The predicted molar refractivity (Wildman–Crippen MR) is 101 cm³/mol. The lowest BCUT2D eigenvalue weighted by atomic mass is 9.78. The van der Waals surface area contributed by atoms with Crippen molar-refractivity contribution >= 4 is 27.4 Å². The molecule has 0 spiro atoms. The van der Waals surface area contributed by atoms with Gasteiger partial charge in [-0.3, -0.25) is 14.9 Å². The Morgan fingerprint density at radius 2 is 1.96 bits per heavy atom. The van der Waals surface area contributed by atoms with E-state index in [2.05, 4.69) is 19.2 Å². The molecule has 0 aromatic heterocycles. The topological polar surface area (TPSA) is 133 Å². The van der Waals surface area contributed by atoms with Crippen LogP contribution in [-0.2, 0) is 19.4 Å². The highest BCUT2D eigenvalue weighted by molar-refractivity contribution is 7.90. The average molecular weight is 412 g/mol. The summed E-state index contributed by atoms with van der Waals surface area (Å²) in [6.45, 7) is 3.69. The third-order valence-corrected chi connectivity index (χ3v) is 6.32. The number of nitro benzene ring substituents is 1. The van der Waals surface area contributed by atoms with E-state index in [9.17, 15) is 28.1 Å². The molecule has 0 radical (unpaired) electrons. The SMILES string of the molecule is C[C@H]1[C@@H](NC(=O)COC(=O)c2ccc(S(C)(=O)=O)c([N+](=O)[O-])c2)CCC[C@@H]1C. The van der Waals surface area contributed by atoms with E-state index in [-0.39, 0.29) is 11.6 Å². The molecular formula is C18H24N2O7S. The Bertz CT molecular complexity index is 882. The number of carbonyl (C=O) groups is 2. The fourth-order valence-electron chi connectivity index (χ4n) is 3.35. The van der Waals surface area contributed by atoms with Gasteiger partial charge in [-0.1, -0.05) is 26.7 Å². The normalized spacial score (nSPS) is 22.3. The molecule has 1 saturated carbocycles. The van der Waals surface area contributed by atoms with Crippen molar-refractivity contribution in [2.45, 2.75) is 44.0 Å². The predicted octanol–water partition coefficient (Wildman–Crippen LogP) is 2.10. The Balaban J connectivity index is 2.02. The van der Waals surface area contributed by atoms with Gasteiger partial charge in [-0.05, 0) is 30.4 Å². The lowest BCUT2D eigenvalue weighted by Crippen LogP contribution is -2.45.